The number of ether oxygens (including phenoxy) is 1. The topological polar surface area (TPSA) is 68.5 Å². The van der Waals surface area contributed by atoms with E-state index in [0.29, 0.717) is 5.75 Å². The molecule has 0 spiro atoms. The summed E-state index contributed by atoms with van der Waals surface area (Å²) in [5, 5.41) is 3.99. The second kappa shape index (κ2) is 7.27. The van der Waals surface area contributed by atoms with E-state index in [1.165, 1.54) is 0 Å². The zero-order chi connectivity index (χ0) is 16.9. The highest BCUT2D eigenvalue weighted by Gasteiger charge is 2.06. The quantitative estimate of drug-likeness (QED) is 0.541. The fourth-order valence-electron chi connectivity index (χ4n) is 2.31. The van der Waals surface area contributed by atoms with Crippen LogP contribution in [0.2, 0.25) is 0 Å². The molecule has 1 aromatic heterocycles. The number of amides is 1. The molecule has 7 heteroatoms. The maximum Gasteiger partial charge on any atom is 0.260 e. The van der Waals surface area contributed by atoms with E-state index in [0.717, 1.165) is 21.1 Å². The Labute approximate surface area is 147 Å². The molecule has 3 aromatic rings. The average Bonchev–Trinajstić information content (AvgIpc) is 2.98. The van der Waals surface area contributed by atoms with Crippen LogP contribution in [0.15, 0.2) is 58.4 Å². The molecule has 0 aliphatic carbocycles. The Morgan fingerprint density at radius 3 is 3.04 bits per heavy atom. The van der Waals surface area contributed by atoms with Gasteiger partial charge < -0.3 is 9.30 Å². The monoisotopic (exact) mass is 386 g/mol. The normalized spacial score (nSPS) is 11.1. The van der Waals surface area contributed by atoms with Gasteiger partial charge in [0, 0.05) is 10.0 Å². The fourth-order valence-corrected chi connectivity index (χ4v) is 2.69. The van der Waals surface area contributed by atoms with Crippen LogP contribution in [0, 0.1) is 0 Å². The van der Waals surface area contributed by atoms with Gasteiger partial charge in [-0.25, -0.2) is 10.4 Å². The van der Waals surface area contributed by atoms with Gasteiger partial charge in [-0.3, -0.25) is 4.79 Å². The third-order valence-corrected chi connectivity index (χ3v) is 3.92. The zero-order valence-corrected chi connectivity index (χ0v) is 14.5. The van der Waals surface area contributed by atoms with Crippen LogP contribution in [-0.4, -0.2) is 28.8 Å². The van der Waals surface area contributed by atoms with Gasteiger partial charge in [0.1, 0.15) is 12.3 Å². The Balaban J connectivity index is 1.66. The summed E-state index contributed by atoms with van der Waals surface area (Å²) in [4.78, 5) is 16.3. The van der Waals surface area contributed by atoms with Crippen LogP contribution in [0.5, 0.6) is 5.75 Å². The average molecular weight is 387 g/mol. The number of hydrogen-bond acceptors (Lipinski definition) is 4. The van der Waals surface area contributed by atoms with Crippen LogP contribution < -0.4 is 10.2 Å². The van der Waals surface area contributed by atoms with Crippen molar-refractivity contribution >= 4 is 39.1 Å². The van der Waals surface area contributed by atoms with E-state index in [1.807, 2.05) is 42.5 Å². The molecule has 2 aromatic carbocycles. The number of fused-ring (bicyclic) bond motifs is 1. The highest BCUT2D eigenvalue weighted by molar-refractivity contribution is 9.10. The third-order valence-electron chi connectivity index (χ3n) is 3.43. The maximum absolute atomic E-state index is 12.1. The summed E-state index contributed by atoms with van der Waals surface area (Å²) in [7, 11) is 1.59. The lowest BCUT2D eigenvalue weighted by Gasteiger charge is -2.05. The Hall–Kier alpha value is -2.67. The van der Waals surface area contributed by atoms with Gasteiger partial charge in [-0.2, -0.15) is 5.10 Å². The van der Waals surface area contributed by atoms with Gasteiger partial charge >= 0.3 is 0 Å². The summed E-state index contributed by atoms with van der Waals surface area (Å²) < 4.78 is 7.94. The molecule has 1 amide bonds. The van der Waals surface area contributed by atoms with Crippen molar-refractivity contribution in [1.82, 2.24) is 15.0 Å². The van der Waals surface area contributed by atoms with Crippen LogP contribution in [0.4, 0.5) is 0 Å². The van der Waals surface area contributed by atoms with Crippen molar-refractivity contribution in [2.75, 3.05) is 7.11 Å². The van der Waals surface area contributed by atoms with E-state index < -0.39 is 0 Å². The number of hydrogen-bond donors (Lipinski definition) is 1. The Morgan fingerprint density at radius 1 is 1.38 bits per heavy atom. The Bertz CT molecular complexity index is 904. The van der Waals surface area contributed by atoms with Crippen LogP contribution in [0.3, 0.4) is 0 Å². The maximum atomic E-state index is 12.1. The lowest BCUT2D eigenvalue weighted by molar-refractivity contribution is -0.121. The zero-order valence-electron chi connectivity index (χ0n) is 12.9. The molecule has 1 N–H and O–H groups in total. The number of nitrogens with zero attached hydrogens (tertiary/aromatic N) is 3. The first-order valence-electron chi connectivity index (χ1n) is 7.22. The second-order valence-corrected chi connectivity index (χ2v) is 5.96. The minimum atomic E-state index is -0.233. The van der Waals surface area contributed by atoms with Gasteiger partial charge in [-0.1, -0.05) is 28.1 Å². The van der Waals surface area contributed by atoms with Crippen LogP contribution in [0.25, 0.3) is 11.0 Å². The van der Waals surface area contributed by atoms with E-state index in [2.05, 4.69) is 31.4 Å². The molecule has 6 nitrogen and oxygen atoms in total. The molecule has 1 heterocycles. The lowest BCUT2D eigenvalue weighted by Crippen LogP contribution is -2.22. The molecule has 0 bridgehead atoms. The van der Waals surface area contributed by atoms with E-state index in [4.69, 9.17) is 4.74 Å². The van der Waals surface area contributed by atoms with Crippen molar-refractivity contribution < 1.29 is 9.53 Å². The van der Waals surface area contributed by atoms with E-state index in [9.17, 15) is 4.79 Å². The van der Waals surface area contributed by atoms with E-state index >= 15 is 0 Å². The highest BCUT2D eigenvalue weighted by atomic mass is 79.9. The summed E-state index contributed by atoms with van der Waals surface area (Å²) >= 11 is 3.39. The van der Waals surface area contributed by atoms with Gasteiger partial charge in [-0.15, -0.1) is 0 Å². The predicted octanol–water partition coefficient (Wildman–Crippen LogP) is 2.96. The lowest BCUT2D eigenvalue weighted by atomic mass is 10.2. The number of carbonyl (C=O) groups is 1. The number of methoxy groups -OCH3 is 1. The molecular weight excluding hydrogens is 372 g/mol. The molecule has 0 aliphatic heterocycles. The standard InChI is InChI=1S/C17H15BrN4O2/c1-24-16-7-6-13(18)8-12(16)9-20-21-17(23)10-22-11-19-14-4-2-3-5-15(14)22/h2-9,11H,10H2,1H3,(H,21,23)/b20-9+. The molecule has 3 rings (SSSR count). The van der Waals surface area contributed by atoms with E-state index in [1.54, 1.807) is 24.2 Å². The van der Waals surface area contributed by atoms with Crippen molar-refractivity contribution in [2.45, 2.75) is 6.54 Å². The van der Waals surface area contributed by atoms with Crippen LogP contribution in [0.1, 0.15) is 5.56 Å². The number of aromatic nitrogens is 2. The Morgan fingerprint density at radius 2 is 2.21 bits per heavy atom. The fraction of sp³-hybridized carbons (Fsp3) is 0.118. The summed E-state index contributed by atoms with van der Waals surface area (Å²) in [6, 6.07) is 13.2. The molecular formula is C17H15BrN4O2. The van der Waals surface area contributed by atoms with Gasteiger partial charge in [0.15, 0.2) is 0 Å². The molecule has 122 valence electrons. The van der Waals surface area contributed by atoms with Gasteiger partial charge in [0.2, 0.25) is 0 Å². The summed E-state index contributed by atoms with van der Waals surface area (Å²) in [5.41, 5.74) is 5.04. The van der Waals surface area contributed by atoms with Crippen molar-refractivity contribution in [3.63, 3.8) is 0 Å². The van der Waals surface area contributed by atoms with Crippen LogP contribution in [-0.2, 0) is 11.3 Å². The first kappa shape index (κ1) is 16.2. The predicted molar refractivity (Wildman–Crippen MR) is 96.2 cm³/mol. The molecule has 0 saturated carbocycles. The van der Waals surface area contributed by atoms with E-state index in [-0.39, 0.29) is 12.5 Å². The van der Waals surface area contributed by atoms with Crippen molar-refractivity contribution in [3.8, 4) is 5.75 Å². The molecule has 24 heavy (non-hydrogen) atoms. The first-order chi connectivity index (χ1) is 11.7. The third kappa shape index (κ3) is 3.62. The number of carbonyl (C=O) groups excluding carboxylic acids is 1. The summed E-state index contributed by atoms with van der Waals surface area (Å²) in [6.45, 7) is 0.146. The first-order valence-corrected chi connectivity index (χ1v) is 8.02. The molecule has 0 saturated heterocycles. The van der Waals surface area contributed by atoms with Gasteiger partial charge in [0.25, 0.3) is 5.91 Å². The van der Waals surface area contributed by atoms with Crippen molar-refractivity contribution in [1.29, 1.82) is 0 Å². The number of halogens is 1. The second-order valence-electron chi connectivity index (χ2n) is 5.04. The van der Waals surface area contributed by atoms with Gasteiger partial charge in [0.05, 0.1) is 30.7 Å². The molecule has 0 fully saturated rings. The number of para-hydroxylation sites is 2. The SMILES string of the molecule is COc1ccc(Br)cc1/C=N/NC(=O)Cn1cnc2ccccc21. The molecule has 0 radical (unpaired) electrons. The Kier molecular flexibility index (Phi) is 4.90. The number of nitrogens with one attached hydrogen (secondary N) is 1. The minimum Gasteiger partial charge on any atom is -0.496 e. The van der Waals surface area contributed by atoms with Crippen molar-refractivity contribution in [3.05, 3.63) is 58.8 Å². The number of rotatable bonds is 5. The number of imidazole rings is 1. The number of hydrazone groups is 1. The highest BCUT2D eigenvalue weighted by Crippen LogP contribution is 2.21. The number of benzene rings is 2. The summed E-state index contributed by atoms with van der Waals surface area (Å²) in [5.74, 6) is 0.445. The molecule has 0 aliphatic rings. The smallest absolute Gasteiger partial charge is 0.260 e. The van der Waals surface area contributed by atoms with Crippen molar-refractivity contribution in [2.24, 2.45) is 5.10 Å². The largest absolute Gasteiger partial charge is 0.496 e. The van der Waals surface area contributed by atoms with Crippen LogP contribution >= 0.6 is 15.9 Å². The van der Waals surface area contributed by atoms with Gasteiger partial charge in [-0.05, 0) is 30.3 Å². The minimum absolute atomic E-state index is 0.146. The summed E-state index contributed by atoms with van der Waals surface area (Å²) in [6.07, 6.45) is 3.19. The molecule has 0 atom stereocenters. The molecule has 0 unspecified atom stereocenters.